The Morgan fingerprint density at radius 1 is 1.35 bits per heavy atom. The molecule has 0 saturated carbocycles. The van der Waals surface area contributed by atoms with Crippen LogP contribution in [0, 0.1) is 11.3 Å². The second-order valence-corrected chi connectivity index (χ2v) is 9.09. The molecule has 1 aliphatic carbocycles. The average molecular weight is 459 g/mol. The van der Waals surface area contributed by atoms with Gasteiger partial charge >= 0.3 is 6.01 Å². The minimum absolute atomic E-state index is 0.0864. The third-order valence-electron chi connectivity index (χ3n) is 7.24. The molecule has 1 aromatic carbocycles. The Hall–Kier alpha value is -3.93. The fourth-order valence-electron chi connectivity index (χ4n) is 5.64. The number of rotatable bonds is 3. The highest BCUT2D eigenvalue weighted by molar-refractivity contribution is 6.04. The van der Waals surface area contributed by atoms with Gasteiger partial charge in [-0.1, -0.05) is 30.8 Å². The van der Waals surface area contributed by atoms with Crippen LogP contribution in [-0.4, -0.2) is 57.5 Å². The molecule has 2 N–H and O–H groups in total. The van der Waals surface area contributed by atoms with Crippen LogP contribution in [0.1, 0.15) is 36.1 Å². The molecule has 0 bridgehead atoms. The molecule has 174 valence electrons. The van der Waals surface area contributed by atoms with Gasteiger partial charge in [-0.05, 0) is 36.5 Å². The normalized spacial score (nSPS) is 23.5. The number of aromatic hydroxyl groups is 1. The van der Waals surface area contributed by atoms with Gasteiger partial charge in [0.15, 0.2) is 5.82 Å². The predicted octanol–water partition coefficient (Wildman–Crippen LogP) is 2.07. The van der Waals surface area contributed by atoms with Crippen molar-refractivity contribution in [2.45, 2.75) is 43.6 Å². The van der Waals surface area contributed by atoms with E-state index in [1.54, 1.807) is 4.90 Å². The van der Waals surface area contributed by atoms with Gasteiger partial charge in [0.05, 0.1) is 29.6 Å². The summed E-state index contributed by atoms with van der Waals surface area (Å²) in [6.45, 7) is 4.72. The standard InChI is InChI=1S/C25H26N6O3/c1-2-20(32)31-13-12-30(15-17(31)9-11-26)22-21-19(27-24(34)29-22)14-25(23(33)28-21)10-5-7-16-6-3-4-8-18(16)25/h2-4,6,8,17H,1,5,7,9-10,12-15H2,(H,28,33)(H,27,29,34). The minimum Gasteiger partial charge on any atom is -0.479 e. The van der Waals surface area contributed by atoms with Crippen LogP contribution in [-0.2, 0) is 27.8 Å². The molecule has 0 radical (unpaired) electrons. The molecule has 2 aliphatic heterocycles. The van der Waals surface area contributed by atoms with Crippen LogP contribution in [0.25, 0.3) is 0 Å². The van der Waals surface area contributed by atoms with Crippen molar-refractivity contribution < 1.29 is 14.7 Å². The fraction of sp³-hybridized carbons (Fsp3) is 0.400. The molecular formula is C25H26N6O3. The Balaban J connectivity index is 1.51. The zero-order valence-electron chi connectivity index (χ0n) is 18.8. The lowest BCUT2D eigenvalue weighted by Crippen LogP contribution is -2.55. The van der Waals surface area contributed by atoms with Crippen LogP contribution >= 0.6 is 0 Å². The number of piperazine rings is 1. The van der Waals surface area contributed by atoms with Gasteiger partial charge in [0.25, 0.3) is 0 Å². The Labute approximate surface area is 197 Å². The smallest absolute Gasteiger partial charge is 0.316 e. The molecule has 2 unspecified atom stereocenters. The number of aromatic nitrogens is 2. The summed E-state index contributed by atoms with van der Waals surface area (Å²) < 4.78 is 0. The molecule has 2 atom stereocenters. The van der Waals surface area contributed by atoms with E-state index >= 15 is 0 Å². The van der Waals surface area contributed by atoms with E-state index in [1.807, 2.05) is 23.1 Å². The molecule has 34 heavy (non-hydrogen) atoms. The van der Waals surface area contributed by atoms with Crippen LogP contribution in [0.15, 0.2) is 36.9 Å². The van der Waals surface area contributed by atoms with Crippen LogP contribution in [0.5, 0.6) is 6.01 Å². The summed E-state index contributed by atoms with van der Waals surface area (Å²) in [4.78, 5) is 38.0. The van der Waals surface area contributed by atoms with E-state index in [2.05, 4.69) is 34.0 Å². The summed E-state index contributed by atoms with van der Waals surface area (Å²) in [5, 5.41) is 22.8. The van der Waals surface area contributed by atoms with Gasteiger partial charge in [-0.25, -0.2) is 0 Å². The van der Waals surface area contributed by atoms with Crippen molar-refractivity contribution in [1.29, 1.82) is 5.26 Å². The van der Waals surface area contributed by atoms with Gasteiger partial charge < -0.3 is 20.2 Å². The van der Waals surface area contributed by atoms with Gasteiger partial charge in [-0.2, -0.15) is 15.2 Å². The number of carbonyl (C=O) groups is 2. The first-order valence-corrected chi connectivity index (χ1v) is 11.5. The van der Waals surface area contributed by atoms with Gasteiger partial charge in [0.1, 0.15) is 5.69 Å². The summed E-state index contributed by atoms with van der Waals surface area (Å²) in [6.07, 6.45) is 4.33. The Bertz CT molecular complexity index is 1220. The van der Waals surface area contributed by atoms with Crippen LogP contribution in [0.4, 0.5) is 11.5 Å². The van der Waals surface area contributed by atoms with Crippen molar-refractivity contribution in [3.8, 4) is 12.1 Å². The highest BCUT2D eigenvalue weighted by Gasteiger charge is 2.48. The number of nitrogens with one attached hydrogen (secondary N) is 1. The van der Waals surface area contributed by atoms with E-state index in [-0.39, 0.29) is 30.3 Å². The Morgan fingerprint density at radius 2 is 2.18 bits per heavy atom. The van der Waals surface area contributed by atoms with E-state index in [9.17, 15) is 20.0 Å². The van der Waals surface area contributed by atoms with Crippen LogP contribution in [0.2, 0.25) is 0 Å². The molecule has 2 aromatic rings. The number of amides is 2. The average Bonchev–Trinajstić information content (AvgIpc) is 2.84. The quantitative estimate of drug-likeness (QED) is 0.675. The van der Waals surface area contributed by atoms with E-state index in [4.69, 9.17) is 0 Å². The molecule has 1 spiro atoms. The number of fused-ring (bicyclic) bond motifs is 3. The number of nitrogens with zero attached hydrogens (tertiary/aromatic N) is 5. The highest BCUT2D eigenvalue weighted by Crippen LogP contribution is 2.46. The van der Waals surface area contributed by atoms with Crippen LogP contribution < -0.4 is 10.2 Å². The predicted molar refractivity (Wildman–Crippen MR) is 125 cm³/mol. The lowest BCUT2D eigenvalue weighted by molar-refractivity contribution is -0.128. The molecule has 2 amide bonds. The first kappa shape index (κ1) is 21.9. The fourth-order valence-corrected chi connectivity index (χ4v) is 5.64. The highest BCUT2D eigenvalue weighted by atomic mass is 16.3. The van der Waals surface area contributed by atoms with Gasteiger partial charge in [-0.15, -0.1) is 0 Å². The number of carbonyl (C=O) groups excluding carboxylic acids is 2. The molecule has 9 heteroatoms. The maximum atomic E-state index is 13.6. The second-order valence-electron chi connectivity index (χ2n) is 9.09. The van der Waals surface area contributed by atoms with Crippen molar-refractivity contribution in [1.82, 2.24) is 14.9 Å². The second kappa shape index (κ2) is 8.45. The molecule has 1 saturated heterocycles. The molecule has 3 aliphatic rings. The Kier molecular flexibility index (Phi) is 5.44. The van der Waals surface area contributed by atoms with Gasteiger partial charge in [-0.3, -0.25) is 9.59 Å². The topological polar surface area (TPSA) is 122 Å². The molecule has 3 heterocycles. The third kappa shape index (κ3) is 3.46. The zero-order chi connectivity index (χ0) is 23.9. The number of hydrogen-bond donors (Lipinski definition) is 2. The van der Waals surface area contributed by atoms with Crippen molar-refractivity contribution >= 4 is 23.3 Å². The van der Waals surface area contributed by atoms with Crippen molar-refractivity contribution in [2.24, 2.45) is 0 Å². The SMILES string of the molecule is C=CC(=O)N1CCN(c2nc(O)nc3c2NC(=O)C2(CCCc4ccccc42)C3)CC1CC#N. The number of aryl methyl sites for hydroxylation is 1. The summed E-state index contributed by atoms with van der Waals surface area (Å²) in [5.74, 6) is 0.110. The minimum atomic E-state index is -0.724. The zero-order valence-corrected chi connectivity index (χ0v) is 18.8. The summed E-state index contributed by atoms with van der Waals surface area (Å²) in [6, 6.07) is 9.47. The van der Waals surface area contributed by atoms with Crippen LogP contribution in [0.3, 0.4) is 0 Å². The molecule has 9 nitrogen and oxygen atoms in total. The summed E-state index contributed by atoms with van der Waals surface area (Å²) in [5.41, 5.74) is 2.57. The summed E-state index contributed by atoms with van der Waals surface area (Å²) >= 11 is 0. The summed E-state index contributed by atoms with van der Waals surface area (Å²) in [7, 11) is 0. The maximum absolute atomic E-state index is 13.6. The molecule has 1 fully saturated rings. The lowest BCUT2D eigenvalue weighted by Gasteiger charge is -2.43. The Morgan fingerprint density at radius 3 is 2.97 bits per heavy atom. The number of nitriles is 1. The van der Waals surface area contributed by atoms with Gasteiger partial charge in [0.2, 0.25) is 11.8 Å². The molecule has 5 rings (SSSR count). The maximum Gasteiger partial charge on any atom is 0.316 e. The largest absolute Gasteiger partial charge is 0.479 e. The van der Waals surface area contributed by atoms with E-state index < -0.39 is 5.41 Å². The van der Waals surface area contributed by atoms with Crippen molar-refractivity contribution in [2.75, 3.05) is 29.9 Å². The third-order valence-corrected chi connectivity index (χ3v) is 7.24. The van der Waals surface area contributed by atoms with E-state index in [1.165, 1.54) is 11.6 Å². The monoisotopic (exact) mass is 458 g/mol. The van der Waals surface area contributed by atoms with Crippen molar-refractivity contribution in [3.05, 3.63) is 53.7 Å². The number of anilines is 2. The van der Waals surface area contributed by atoms with E-state index in [0.29, 0.717) is 49.7 Å². The first-order valence-electron chi connectivity index (χ1n) is 11.5. The lowest BCUT2D eigenvalue weighted by atomic mass is 9.65. The van der Waals surface area contributed by atoms with Crippen molar-refractivity contribution in [3.63, 3.8) is 0 Å². The number of hydrogen-bond acceptors (Lipinski definition) is 7. The van der Waals surface area contributed by atoms with Gasteiger partial charge in [0, 0.05) is 26.1 Å². The molecular weight excluding hydrogens is 432 g/mol. The number of benzene rings is 1. The first-order chi connectivity index (χ1) is 16.5. The molecule has 1 aromatic heterocycles. The van der Waals surface area contributed by atoms with E-state index in [0.717, 1.165) is 18.4 Å².